The number of nitrogens with zero attached hydrogens (tertiary/aromatic N) is 5. The van der Waals surface area contributed by atoms with Gasteiger partial charge in [0.2, 0.25) is 0 Å². The first-order valence-electron chi connectivity index (χ1n) is 20.9. The van der Waals surface area contributed by atoms with Gasteiger partial charge in [-0.25, -0.2) is 15.0 Å². The molecule has 3 heterocycles. The van der Waals surface area contributed by atoms with Gasteiger partial charge in [0.25, 0.3) is 0 Å². The number of para-hydroxylation sites is 3. The molecule has 0 aliphatic heterocycles. The second-order valence-corrected chi connectivity index (χ2v) is 15.7. The molecule has 0 unspecified atom stereocenters. The average molecular weight is 792 g/mol. The van der Waals surface area contributed by atoms with Crippen molar-refractivity contribution in [2.45, 2.75) is 0 Å². The molecule has 0 saturated heterocycles. The minimum absolute atomic E-state index is 0.609. The predicted octanol–water partition coefficient (Wildman–Crippen LogP) is 14.4. The first-order valence-corrected chi connectivity index (χ1v) is 20.9. The molecule has 0 fully saturated rings. The van der Waals surface area contributed by atoms with Crippen LogP contribution in [0.5, 0.6) is 0 Å². The summed E-state index contributed by atoms with van der Waals surface area (Å²) in [6, 6.07) is 79.2. The highest BCUT2D eigenvalue weighted by Crippen LogP contribution is 2.40. The third-order valence-corrected chi connectivity index (χ3v) is 12.0. The quantitative estimate of drug-likeness (QED) is 0.162. The second-order valence-electron chi connectivity index (χ2n) is 15.7. The molecule has 0 aliphatic carbocycles. The lowest BCUT2D eigenvalue weighted by atomic mass is 10.0. The summed E-state index contributed by atoms with van der Waals surface area (Å²) in [5.74, 6) is 1.85. The molecule has 0 spiro atoms. The van der Waals surface area contributed by atoms with Gasteiger partial charge in [-0.1, -0.05) is 170 Å². The molecule has 290 valence electrons. The van der Waals surface area contributed by atoms with Crippen LogP contribution in [0.2, 0.25) is 0 Å². The zero-order valence-electron chi connectivity index (χ0n) is 33.6. The van der Waals surface area contributed by atoms with E-state index >= 15 is 0 Å². The summed E-state index contributed by atoms with van der Waals surface area (Å²) in [6.45, 7) is 0. The molecule has 0 N–H and O–H groups in total. The molecule has 0 saturated carbocycles. The van der Waals surface area contributed by atoms with Crippen LogP contribution in [0.1, 0.15) is 0 Å². The van der Waals surface area contributed by atoms with Gasteiger partial charge in [0.15, 0.2) is 17.5 Å². The van der Waals surface area contributed by atoms with E-state index < -0.39 is 0 Å². The average Bonchev–Trinajstić information content (AvgIpc) is 3.86. The molecule has 0 atom stereocenters. The summed E-state index contributed by atoms with van der Waals surface area (Å²) in [5, 5.41) is 4.82. The fourth-order valence-electron chi connectivity index (χ4n) is 9.02. The summed E-state index contributed by atoms with van der Waals surface area (Å²) in [7, 11) is 0. The van der Waals surface area contributed by atoms with Crippen LogP contribution in [0.3, 0.4) is 0 Å². The van der Waals surface area contributed by atoms with Crippen LogP contribution >= 0.6 is 0 Å². The molecule has 62 heavy (non-hydrogen) atoms. The van der Waals surface area contributed by atoms with Crippen LogP contribution in [0.25, 0.3) is 111 Å². The monoisotopic (exact) mass is 791 g/mol. The highest BCUT2D eigenvalue weighted by Gasteiger charge is 2.20. The van der Waals surface area contributed by atoms with Crippen molar-refractivity contribution in [1.82, 2.24) is 24.1 Å². The van der Waals surface area contributed by atoms with Crippen molar-refractivity contribution in [2.24, 2.45) is 0 Å². The van der Waals surface area contributed by atoms with E-state index in [0.717, 1.165) is 55.8 Å². The summed E-state index contributed by atoms with van der Waals surface area (Å²) in [6.07, 6.45) is 0. The molecular formula is C57H37N5. The smallest absolute Gasteiger partial charge is 0.164 e. The number of aromatic nitrogens is 5. The maximum Gasteiger partial charge on any atom is 0.164 e. The maximum atomic E-state index is 5.22. The lowest BCUT2D eigenvalue weighted by Crippen LogP contribution is -2.01. The Balaban J connectivity index is 1.04. The normalized spacial score (nSPS) is 11.5. The zero-order valence-corrected chi connectivity index (χ0v) is 33.6. The standard InChI is InChI=1S/C57H37N5/c1-4-16-38(17-5-1)40-30-32-41(33-31-40)55-58-56(43-21-14-20-42(34-43)39-18-6-2-7-19-39)60-57(59-55)44-22-15-25-46(35-44)62-52-29-13-11-27-48(52)50-36-53-49(37-54(50)62)47-26-10-12-28-51(47)61(53)45-23-8-3-9-24-45/h1-37H. The van der Waals surface area contributed by atoms with Gasteiger partial charge in [0.1, 0.15) is 0 Å². The molecule has 0 bridgehead atoms. The van der Waals surface area contributed by atoms with Crippen molar-refractivity contribution in [2.75, 3.05) is 0 Å². The number of benzene rings is 9. The summed E-state index contributed by atoms with van der Waals surface area (Å²) >= 11 is 0. The Morgan fingerprint density at radius 1 is 0.226 bits per heavy atom. The Kier molecular flexibility index (Phi) is 8.42. The van der Waals surface area contributed by atoms with Crippen LogP contribution in [-0.2, 0) is 0 Å². The maximum absolute atomic E-state index is 5.22. The third kappa shape index (κ3) is 6.06. The highest BCUT2D eigenvalue weighted by atomic mass is 15.0. The zero-order chi connectivity index (χ0) is 41.0. The SMILES string of the molecule is c1ccc(-c2ccc(-c3nc(-c4cccc(-c5ccccc5)c4)nc(-c4cccc(-n5c6ccccc6c6cc7c(cc65)c5ccccc5n7-c5ccccc5)c4)n3)cc2)cc1. The molecule has 3 aromatic heterocycles. The topological polar surface area (TPSA) is 48.5 Å². The van der Waals surface area contributed by atoms with Crippen LogP contribution in [-0.4, -0.2) is 24.1 Å². The van der Waals surface area contributed by atoms with E-state index in [9.17, 15) is 0 Å². The van der Waals surface area contributed by atoms with Crippen LogP contribution in [0, 0.1) is 0 Å². The number of rotatable bonds is 7. The van der Waals surface area contributed by atoms with Crippen molar-refractivity contribution >= 4 is 43.6 Å². The van der Waals surface area contributed by atoms with Crippen LogP contribution in [0.15, 0.2) is 224 Å². The molecule has 5 nitrogen and oxygen atoms in total. The summed E-state index contributed by atoms with van der Waals surface area (Å²) < 4.78 is 4.77. The Labute approximate surface area is 358 Å². The number of hydrogen-bond donors (Lipinski definition) is 0. The van der Waals surface area contributed by atoms with Crippen LogP contribution < -0.4 is 0 Å². The van der Waals surface area contributed by atoms with Gasteiger partial charge in [-0.3, -0.25) is 0 Å². The largest absolute Gasteiger partial charge is 0.309 e. The van der Waals surface area contributed by atoms with E-state index in [4.69, 9.17) is 15.0 Å². The molecule has 12 rings (SSSR count). The van der Waals surface area contributed by atoms with Crippen molar-refractivity contribution in [3.05, 3.63) is 224 Å². The van der Waals surface area contributed by atoms with Gasteiger partial charge < -0.3 is 9.13 Å². The summed E-state index contributed by atoms with van der Waals surface area (Å²) in [4.78, 5) is 15.6. The lowest BCUT2D eigenvalue weighted by molar-refractivity contribution is 1.07. The van der Waals surface area contributed by atoms with E-state index in [0.29, 0.717) is 17.5 Å². The second kappa shape index (κ2) is 14.7. The Hall–Kier alpha value is -8.41. The molecular weight excluding hydrogens is 755 g/mol. The van der Waals surface area contributed by atoms with E-state index in [1.165, 1.54) is 38.1 Å². The molecule has 5 heteroatoms. The van der Waals surface area contributed by atoms with E-state index in [-0.39, 0.29) is 0 Å². The van der Waals surface area contributed by atoms with Gasteiger partial charge in [0.05, 0.1) is 22.1 Å². The van der Waals surface area contributed by atoms with E-state index in [1.54, 1.807) is 0 Å². The number of fused-ring (bicyclic) bond motifs is 6. The fourth-order valence-corrected chi connectivity index (χ4v) is 9.02. The lowest BCUT2D eigenvalue weighted by Gasteiger charge is -2.12. The molecule has 9 aromatic carbocycles. The molecule has 12 aromatic rings. The highest BCUT2D eigenvalue weighted by molar-refractivity contribution is 6.19. The van der Waals surface area contributed by atoms with E-state index in [2.05, 4.69) is 221 Å². The van der Waals surface area contributed by atoms with Crippen molar-refractivity contribution in [1.29, 1.82) is 0 Å². The van der Waals surface area contributed by atoms with Crippen molar-refractivity contribution < 1.29 is 0 Å². The van der Waals surface area contributed by atoms with Gasteiger partial charge in [0, 0.05) is 49.6 Å². The first kappa shape index (κ1) is 35.5. The molecule has 0 aliphatic rings. The van der Waals surface area contributed by atoms with Crippen molar-refractivity contribution in [3.63, 3.8) is 0 Å². The van der Waals surface area contributed by atoms with Crippen LogP contribution in [0.4, 0.5) is 0 Å². The fraction of sp³-hybridized carbons (Fsp3) is 0. The van der Waals surface area contributed by atoms with Crippen molar-refractivity contribution in [3.8, 4) is 67.8 Å². The van der Waals surface area contributed by atoms with Gasteiger partial charge in [-0.2, -0.15) is 0 Å². The molecule has 0 amide bonds. The molecule has 0 radical (unpaired) electrons. The first-order chi connectivity index (χ1) is 30.7. The van der Waals surface area contributed by atoms with Gasteiger partial charge >= 0.3 is 0 Å². The Morgan fingerprint density at radius 2 is 0.613 bits per heavy atom. The van der Waals surface area contributed by atoms with E-state index in [1.807, 2.05) is 12.1 Å². The van der Waals surface area contributed by atoms with Gasteiger partial charge in [-0.05, 0) is 76.9 Å². The minimum Gasteiger partial charge on any atom is -0.309 e. The van der Waals surface area contributed by atoms with Gasteiger partial charge in [-0.15, -0.1) is 0 Å². The Morgan fingerprint density at radius 3 is 1.21 bits per heavy atom. The minimum atomic E-state index is 0.609. The number of hydrogen-bond acceptors (Lipinski definition) is 3. The summed E-state index contributed by atoms with van der Waals surface area (Å²) in [5.41, 5.74) is 14.1. The third-order valence-electron chi connectivity index (χ3n) is 12.0. The Bertz CT molecular complexity index is 3610. The predicted molar refractivity (Wildman–Crippen MR) is 256 cm³/mol.